The molecule has 0 spiro atoms. The number of rotatable bonds is 4. The number of phenols is 1. The van der Waals surface area contributed by atoms with Gasteiger partial charge in [-0.3, -0.25) is 9.59 Å². The average molecular weight is 462 g/mol. The van der Waals surface area contributed by atoms with Crippen LogP contribution in [0.25, 0.3) is 0 Å². The van der Waals surface area contributed by atoms with Gasteiger partial charge in [-0.05, 0) is 81.4 Å². The molecule has 2 rings (SSSR count). The van der Waals surface area contributed by atoms with Crippen molar-refractivity contribution in [3.05, 3.63) is 34.7 Å². The van der Waals surface area contributed by atoms with Crippen LogP contribution in [0.4, 0.5) is 0 Å². The third-order valence-corrected chi connectivity index (χ3v) is 4.34. The molecule has 0 bridgehead atoms. The topological polar surface area (TPSA) is 111 Å². The number of hydrogen-bond acceptors (Lipinski definition) is 8. The Labute approximate surface area is 195 Å². The molecular weight excluding hydrogens is 426 g/mol. The molecule has 0 fully saturated rings. The molecule has 1 heterocycles. The minimum Gasteiger partial charge on any atom is -0.507 e. The molecule has 2 N–H and O–H groups in total. The van der Waals surface area contributed by atoms with Gasteiger partial charge in [-0.2, -0.15) is 0 Å². The Morgan fingerprint density at radius 3 is 1.94 bits per heavy atom. The van der Waals surface area contributed by atoms with Gasteiger partial charge in [0.25, 0.3) is 0 Å². The predicted molar refractivity (Wildman–Crippen MR) is 123 cm³/mol. The van der Waals surface area contributed by atoms with Crippen molar-refractivity contribution < 1.29 is 33.7 Å². The zero-order valence-electron chi connectivity index (χ0n) is 21.1. The number of hydrogen-bond donors (Lipinski definition) is 2. The van der Waals surface area contributed by atoms with Gasteiger partial charge in [-0.25, -0.2) is 4.79 Å². The predicted octanol–water partition coefficient (Wildman–Crippen LogP) is 4.35. The summed E-state index contributed by atoms with van der Waals surface area (Å²) in [6.07, 6.45) is 0. The van der Waals surface area contributed by atoms with Gasteiger partial charge >= 0.3 is 11.9 Å². The fourth-order valence-electron chi connectivity index (χ4n) is 3.26. The van der Waals surface area contributed by atoms with Crippen LogP contribution in [-0.2, 0) is 19.1 Å². The molecule has 0 aliphatic carbocycles. The number of fused-ring (bicyclic) bond motifs is 1. The first-order valence-electron chi connectivity index (χ1n) is 10.8. The first-order chi connectivity index (χ1) is 14.8. The Morgan fingerprint density at radius 1 is 0.939 bits per heavy atom. The molecule has 1 aromatic rings. The molecule has 1 atom stereocenters. The van der Waals surface area contributed by atoms with Gasteiger partial charge in [-0.15, -0.1) is 0 Å². The molecule has 1 aliphatic heterocycles. The fraction of sp³-hybridized carbons (Fsp3) is 0.560. The van der Waals surface area contributed by atoms with Crippen LogP contribution in [0, 0.1) is 0 Å². The molecule has 33 heavy (non-hydrogen) atoms. The molecule has 8 heteroatoms. The maximum absolute atomic E-state index is 13.5. The molecule has 182 valence electrons. The smallest absolute Gasteiger partial charge is 0.341 e. The van der Waals surface area contributed by atoms with E-state index in [1.165, 1.54) is 19.1 Å². The number of phenolic OH excluding ortho intramolecular Hbond substituents is 1. The van der Waals surface area contributed by atoms with E-state index in [4.69, 9.17) is 14.2 Å². The Hall–Kier alpha value is -3.03. The number of benzene rings is 1. The number of ketones is 1. The van der Waals surface area contributed by atoms with Gasteiger partial charge < -0.3 is 24.6 Å². The van der Waals surface area contributed by atoms with E-state index in [-0.39, 0.29) is 28.3 Å². The van der Waals surface area contributed by atoms with E-state index in [0.717, 1.165) is 0 Å². The Morgan fingerprint density at radius 2 is 1.48 bits per heavy atom. The van der Waals surface area contributed by atoms with Crippen molar-refractivity contribution in [2.24, 2.45) is 0 Å². The van der Waals surface area contributed by atoms with Gasteiger partial charge in [0.15, 0.2) is 5.78 Å². The molecule has 0 saturated carbocycles. The molecule has 0 amide bonds. The summed E-state index contributed by atoms with van der Waals surface area (Å²) in [4.78, 5) is 38.9. The highest BCUT2D eigenvalue weighted by molar-refractivity contribution is 6.03. The summed E-state index contributed by atoms with van der Waals surface area (Å²) in [5.74, 6) is -3.65. The van der Waals surface area contributed by atoms with Gasteiger partial charge in [0, 0.05) is 5.54 Å². The normalized spacial score (nSPS) is 16.5. The third-order valence-electron chi connectivity index (χ3n) is 4.34. The van der Waals surface area contributed by atoms with Crippen LogP contribution >= 0.6 is 0 Å². The molecule has 1 aliphatic rings. The molecule has 1 aromatic carbocycles. The lowest BCUT2D eigenvalue weighted by molar-refractivity contribution is -0.160. The summed E-state index contributed by atoms with van der Waals surface area (Å²) in [7, 11) is 0. The van der Waals surface area contributed by atoms with Crippen LogP contribution in [0.2, 0.25) is 0 Å². The highest BCUT2D eigenvalue weighted by atomic mass is 16.6. The van der Waals surface area contributed by atoms with Crippen molar-refractivity contribution in [2.45, 2.75) is 91.9 Å². The van der Waals surface area contributed by atoms with E-state index < -0.39 is 46.1 Å². The Balaban J connectivity index is 2.85. The van der Waals surface area contributed by atoms with Crippen LogP contribution in [0.1, 0.15) is 91.1 Å². The number of carbonyl (C=O) groups excluding carboxylic acids is 3. The number of Topliss-reactive ketones (excluding diaryl/α,β-unsaturated/α-hetero) is 1. The molecule has 1 unspecified atom stereocenters. The second kappa shape index (κ2) is 8.72. The third kappa shape index (κ3) is 6.49. The first-order valence-corrected chi connectivity index (χ1v) is 10.8. The van der Waals surface area contributed by atoms with Gasteiger partial charge in [-0.1, -0.05) is 0 Å². The Kier molecular flexibility index (Phi) is 6.93. The van der Waals surface area contributed by atoms with Crippen LogP contribution < -0.4 is 10.1 Å². The molecule has 0 saturated heterocycles. The Bertz CT molecular complexity index is 1000. The molecule has 8 nitrogen and oxygen atoms in total. The summed E-state index contributed by atoms with van der Waals surface area (Å²) in [5.41, 5.74) is -2.43. The summed E-state index contributed by atoms with van der Waals surface area (Å²) in [6.45, 7) is 17.1. The van der Waals surface area contributed by atoms with E-state index in [1.54, 1.807) is 41.5 Å². The minimum absolute atomic E-state index is 0.00155. The van der Waals surface area contributed by atoms with Crippen molar-refractivity contribution in [1.29, 1.82) is 0 Å². The fourth-order valence-corrected chi connectivity index (χ4v) is 3.26. The lowest BCUT2D eigenvalue weighted by Gasteiger charge is -2.35. The zero-order valence-corrected chi connectivity index (χ0v) is 21.1. The molecular formula is C25H35NO7. The lowest BCUT2D eigenvalue weighted by atomic mass is 9.85. The van der Waals surface area contributed by atoms with E-state index in [0.29, 0.717) is 0 Å². The van der Waals surface area contributed by atoms with Gasteiger partial charge in [0.1, 0.15) is 34.2 Å². The van der Waals surface area contributed by atoms with Gasteiger partial charge in [0.2, 0.25) is 5.88 Å². The zero-order chi connectivity index (χ0) is 25.5. The highest BCUT2D eigenvalue weighted by Crippen LogP contribution is 2.47. The van der Waals surface area contributed by atoms with Crippen LogP contribution in [0.15, 0.2) is 23.6 Å². The number of ether oxygens (including phenoxy) is 3. The number of carbonyl (C=O) groups is 3. The quantitative estimate of drug-likeness (QED) is 0.503. The largest absolute Gasteiger partial charge is 0.507 e. The maximum atomic E-state index is 13.5. The van der Waals surface area contributed by atoms with Crippen molar-refractivity contribution in [2.75, 3.05) is 0 Å². The van der Waals surface area contributed by atoms with Crippen molar-refractivity contribution in [1.82, 2.24) is 5.32 Å². The summed E-state index contributed by atoms with van der Waals surface area (Å²) in [5, 5.41) is 14.1. The summed E-state index contributed by atoms with van der Waals surface area (Å²) in [6, 6.07) is 2.90. The van der Waals surface area contributed by atoms with Crippen LogP contribution in [0.5, 0.6) is 11.5 Å². The van der Waals surface area contributed by atoms with Gasteiger partial charge in [0.05, 0.1) is 11.1 Å². The summed E-state index contributed by atoms with van der Waals surface area (Å²) < 4.78 is 17.2. The number of esters is 2. The molecule has 0 radical (unpaired) electrons. The monoisotopic (exact) mass is 461 g/mol. The maximum Gasteiger partial charge on any atom is 0.341 e. The van der Waals surface area contributed by atoms with E-state index in [2.05, 4.69) is 5.32 Å². The van der Waals surface area contributed by atoms with Crippen molar-refractivity contribution in [3.8, 4) is 11.5 Å². The molecule has 0 aromatic heterocycles. The van der Waals surface area contributed by atoms with Crippen LogP contribution in [-0.4, -0.2) is 39.6 Å². The van der Waals surface area contributed by atoms with Crippen molar-refractivity contribution >= 4 is 17.7 Å². The number of nitrogens with one attached hydrogen (secondary N) is 1. The highest BCUT2D eigenvalue weighted by Gasteiger charge is 2.45. The van der Waals surface area contributed by atoms with Crippen LogP contribution in [0.3, 0.4) is 0 Å². The average Bonchev–Trinajstić information content (AvgIpc) is 2.55. The second-order valence-corrected chi connectivity index (χ2v) is 11.1. The first kappa shape index (κ1) is 26.2. The van der Waals surface area contributed by atoms with E-state index in [1.807, 2.05) is 20.8 Å². The standard InChI is InChI=1S/C25H35NO7/c1-13(27)14-11-12-15-16(19(14)28)17(21(29)32-24(5,6)7)18(22(30)33-25(8,9)10)20(31-15)26-23(2,3)4/h11-12,17,26,28H,1-10H3. The van der Waals surface area contributed by atoms with Crippen molar-refractivity contribution in [3.63, 3.8) is 0 Å². The SMILES string of the molecule is CC(=O)c1ccc2c(c1O)C(C(=O)OC(C)(C)C)C(C(=O)OC(C)(C)C)=C(NC(C)(C)C)O2. The summed E-state index contributed by atoms with van der Waals surface area (Å²) >= 11 is 0. The van der Waals surface area contributed by atoms with E-state index in [9.17, 15) is 19.5 Å². The minimum atomic E-state index is -1.38. The lowest BCUT2D eigenvalue weighted by Crippen LogP contribution is -2.43. The van der Waals surface area contributed by atoms with E-state index >= 15 is 0 Å². The second-order valence-electron chi connectivity index (χ2n) is 11.1. The number of aromatic hydroxyl groups is 1.